The van der Waals surface area contributed by atoms with E-state index in [4.69, 9.17) is 4.42 Å². The SMILES string of the molecule is COC(=O)C(O)Cc1ccc(C2CC2C)o1. The van der Waals surface area contributed by atoms with Crippen molar-refractivity contribution < 1.29 is 19.1 Å². The van der Waals surface area contributed by atoms with Gasteiger partial charge in [-0.05, 0) is 24.5 Å². The Morgan fingerprint density at radius 1 is 1.69 bits per heavy atom. The molecule has 16 heavy (non-hydrogen) atoms. The summed E-state index contributed by atoms with van der Waals surface area (Å²) >= 11 is 0. The predicted molar refractivity (Wildman–Crippen MR) is 57.0 cm³/mol. The first-order chi connectivity index (χ1) is 7.61. The number of esters is 1. The number of hydrogen-bond donors (Lipinski definition) is 1. The first kappa shape index (κ1) is 11.2. The Kier molecular flexibility index (Phi) is 3.01. The van der Waals surface area contributed by atoms with Crippen LogP contribution in [0.25, 0.3) is 0 Å². The number of hydrogen-bond acceptors (Lipinski definition) is 4. The molecule has 0 spiro atoms. The molecule has 1 heterocycles. The van der Waals surface area contributed by atoms with E-state index >= 15 is 0 Å². The monoisotopic (exact) mass is 224 g/mol. The van der Waals surface area contributed by atoms with E-state index in [2.05, 4.69) is 11.7 Å². The maximum absolute atomic E-state index is 11.0. The summed E-state index contributed by atoms with van der Waals surface area (Å²) < 4.78 is 10.0. The fraction of sp³-hybridized carbons (Fsp3) is 0.583. The van der Waals surface area contributed by atoms with Crippen LogP contribution in [0.3, 0.4) is 0 Å². The highest BCUT2D eigenvalue weighted by Crippen LogP contribution is 2.47. The standard InChI is InChI=1S/C12H16O4/c1-7-5-9(7)11-4-3-8(16-11)6-10(13)12(14)15-2/h3-4,7,9-10,13H,5-6H2,1-2H3. The van der Waals surface area contributed by atoms with Crippen molar-refractivity contribution in [1.29, 1.82) is 0 Å². The Bertz CT molecular complexity index is 382. The molecule has 0 aromatic carbocycles. The van der Waals surface area contributed by atoms with E-state index in [1.54, 1.807) is 0 Å². The topological polar surface area (TPSA) is 59.7 Å². The van der Waals surface area contributed by atoms with Gasteiger partial charge < -0.3 is 14.3 Å². The summed E-state index contributed by atoms with van der Waals surface area (Å²) in [6.45, 7) is 2.18. The Labute approximate surface area is 94.2 Å². The third-order valence-corrected chi connectivity index (χ3v) is 3.03. The van der Waals surface area contributed by atoms with Crippen molar-refractivity contribution in [2.24, 2.45) is 5.92 Å². The van der Waals surface area contributed by atoms with Crippen LogP contribution in [-0.4, -0.2) is 24.3 Å². The van der Waals surface area contributed by atoms with Crippen LogP contribution >= 0.6 is 0 Å². The fourth-order valence-electron chi connectivity index (χ4n) is 1.83. The van der Waals surface area contributed by atoms with Crippen molar-refractivity contribution in [3.63, 3.8) is 0 Å². The summed E-state index contributed by atoms with van der Waals surface area (Å²) in [7, 11) is 1.25. The first-order valence-corrected chi connectivity index (χ1v) is 5.46. The third-order valence-electron chi connectivity index (χ3n) is 3.03. The molecule has 0 bridgehead atoms. The number of rotatable bonds is 4. The van der Waals surface area contributed by atoms with Crippen molar-refractivity contribution in [1.82, 2.24) is 0 Å². The molecule has 1 aromatic heterocycles. The summed E-state index contributed by atoms with van der Waals surface area (Å²) in [5.74, 6) is 2.16. The lowest BCUT2D eigenvalue weighted by molar-refractivity contribution is -0.150. The molecule has 3 unspecified atom stereocenters. The molecule has 1 saturated carbocycles. The van der Waals surface area contributed by atoms with Crippen molar-refractivity contribution in [3.8, 4) is 0 Å². The highest BCUT2D eigenvalue weighted by molar-refractivity contribution is 5.74. The normalized spacial score (nSPS) is 25.2. The molecule has 0 amide bonds. The number of methoxy groups -OCH3 is 1. The van der Waals surface area contributed by atoms with E-state index in [1.165, 1.54) is 7.11 Å². The Morgan fingerprint density at radius 3 is 2.94 bits per heavy atom. The summed E-state index contributed by atoms with van der Waals surface area (Å²) in [5, 5.41) is 9.45. The first-order valence-electron chi connectivity index (χ1n) is 5.46. The molecule has 0 radical (unpaired) electrons. The van der Waals surface area contributed by atoms with Gasteiger partial charge in [-0.3, -0.25) is 0 Å². The van der Waals surface area contributed by atoms with Crippen molar-refractivity contribution >= 4 is 5.97 Å². The Balaban J connectivity index is 1.95. The van der Waals surface area contributed by atoms with Gasteiger partial charge in [0, 0.05) is 12.3 Å². The summed E-state index contributed by atoms with van der Waals surface area (Å²) in [5.41, 5.74) is 0. The van der Waals surface area contributed by atoms with Crippen LogP contribution in [0.15, 0.2) is 16.5 Å². The molecule has 0 aliphatic heterocycles. The van der Waals surface area contributed by atoms with Gasteiger partial charge >= 0.3 is 5.97 Å². The summed E-state index contributed by atoms with van der Waals surface area (Å²) in [6.07, 6.45) is 0.195. The average Bonchev–Trinajstić information content (AvgIpc) is 2.82. The molecule has 4 heteroatoms. The molecule has 1 N–H and O–H groups in total. The van der Waals surface area contributed by atoms with Gasteiger partial charge in [0.2, 0.25) is 0 Å². The molecule has 1 aliphatic rings. The molecule has 1 fully saturated rings. The van der Waals surface area contributed by atoms with Crippen molar-refractivity contribution in [2.75, 3.05) is 7.11 Å². The Morgan fingerprint density at radius 2 is 2.38 bits per heavy atom. The summed E-state index contributed by atoms with van der Waals surface area (Å²) in [4.78, 5) is 11.0. The molecule has 0 saturated heterocycles. The lowest BCUT2D eigenvalue weighted by atomic mass is 10.2. The van der Waals surface area contributed by atoms with Crippen LogP contribution in [0.5, 0.6) is 0 Å². The largest absolute Gasteiger partial charge is 0.467 e. The number of carbonyl (C=O) groups is 1. The zero-order valence-corrected chi connectivity index (χ0v) is 9.47. The third kappa shape index (κ3) is 2.27. The highest BCUT2D eigenvalue weighted by Gasteiger charge is 2.36. The number of carbonyl (C=O) groups excluding carboxylic acids is 1. The second-order valence-corrected chi connectivity index (χ2v) is 4.37. The minimum Gasteiger partial charge on any atom is -0.467 e. The quantitative estimate of drug-likeness (QED) is 0.787. The van der Waals surface area contributed by atoms with Crippen LogP contribution in [-0.2, 0) is 16.0 Å². The van der Waals surface area contributed by atoms with E-state index in [1.807, 2.05) is 12.1 Å². The van der Waals surface area contributed by atoms with E-state index in [0.29, 0.717) is 17.6 Å². The van der Waals surface area contributed by atoms with Crippen LogP contribution in [0.1, 0.15) is 30.8 Å². The molecule has 1 aromatic rings. The van der Waals surface area contributed by atoms with Crippen LogP contribution in [0.2, 0.25) is 0 Å². The van der Waals surface area contributed by atoms with E-state index in [0.717, 1.165) is 12.2 Å². The fourth-order valence-corrected chi connectivity index (χ4v) is 1.83. The van der Waals surface area contributed by atoms with Crippen molar-refractivity contribution in [3.05, 3.63) is 23.7 Å². The molecular weight excluding hydrogens is 208 g/mol. The zero-order chi connectivity index (χ0) is 11.7. The van der Waals surface area contributed by atoms with Crippen molar-refractivity contribution in [2.45, 2.75) is 31.8 Å². The maximum Gasteiger partial charge on any atom is 0.335 e. The number of aliphatic hydroxyl groups is 1. The lowest BCUT2D eigenvalue weighted by Crippen LogP contribution is -2.23. The van der Waals surface area contributed by atoms with Crippen LogP contribution < -0.4 is 0 Å². The van der Waals surface area contributed by atoms with Gasteiger partial charge in [-0.2, -0.15) is 0 Å². The van der Waals surface area contributed by atoms with E-state index < -0.39 is 12.1 Å². The molecular formula is C12H16O4. The lowest BCUT2D eigenvalue weighted by Gasteiger charge is -2.05. The molecule has 1 aliphatic carbocycles. The second-order valence-electron chi connectivity index (χ2n) is 4.37. The van der Waals surface area contributed by atoms with Crippen LogP contribution in [0, 0.1) is 5.92 Å². The molecule has 2 rings (SSSR count). The van der Waals surface area contributed by atoms with Gasteiger partial charge in [-0.15, -0.1) is 0 Å². The predicted octanol–water partition coefficient (Wildman–Crippen LogP) is 1.48. The molecule has 3 atom stereocenters. The number of furan rings is 1. The van der Waals surface area contributed by atoms with E-state index in [-0.39, 0.29) is 6.42 Å². The van der Waals surface area contributed by atoms with Gasteiger partial charge in [0.15, 0.2) is 6.10 Å². The van der Waals surface area contributed by atoms with Gasteiger partial charge in [-0.25, -0.2) is 4.79 Å². The van der Waals surface area contributed by atoms with E-state index in [9.17, 15) is 9.90 Å². The van der Waals surface area contributed by atoms with Gasteiger partial charge in [0.05, 0.1) is 7.11 Å². The zero-order valence-electron chi connectivity index (χ0n) is 9.47. The second kappa shape index (κ2) is 4.29. The van der Waals surface area contributed by atoms with Gasteiger partial charge in [0.1, 0.15) is 11.5 Å². The smallest absolute Gasteiger partial charge is 0.335 e. The maximum atomic E-state index is 11.0. The van der Waals surface area contributed by atoms with Gasteiger partial charge in [-0.1, -0.05) is 6.92 Å². The number of ether oxygens (including phenoxy) is 1. The highest BCUT2D eigenvalue weighted by atomic mass is 16.5. The Hall–Kier alpha value is -1.29. The average molecular weight is 224 g/mol. The number of aliphatic hydroxyl groups excluding tert-OH is 1. The van der Waals surface area contributed by atoms with Gasteiger partial charge in [0.25, 0.3) is 0 Å². The minimum atomic E-state index is -1.14. The van der Waals surface area contributed by atoms with Crippen LogP contribution in [0.4, 0.5) is 0 Å². The minimum absolute atomic E-state index is 0.174. The molecule has 88 valence electrons. The molecule has 4 nitrogen and oxygen atoms in total. The summed E-state index contributed by atoms with van der Waals surface area (Å²) in [6, 6.07) is 3.74.